The number of methoxy groups -OCH3 is 1. The van der Waals surface area contributed by atoms with Crippen molar-refractivity contribution in [3.63, 3.8) is 0 Å². The maximum absolute atomic E-state index is 13.6. The van der Waals surface area contributed by atoms with Gasteiger partial charge in [-0.3, -0.25) is 0 Å². The highest BCUT2D eigenvalue weighted by molar-refractivity contribution is 6.33. The maximum atomic E-state index is 13.6. The minimum atomic E-state index is -0.502. The lowest BCUT2D eigenvalue weighted by Gasteiger charge is -2.09. The van der Waals surface area contributed by atoms with E-state index in [1.165, 1.54) is 19.2 Å². The van der Waals surface area contributed by atoms with Gasteiger partial charge in [0.05, 0.1) is 17.8 Å². The topological polar surface area (TPSA) is 72.0 Å². The molecule has 6 nitrogen and oxygen atoms in total. The number of aromatic nitrogens is 3. The Morgan fingerprint density at radius 1 is 1.21 bits per heavy atom. The zero-order chi connectivity index (χ0) is 13.8. The molecule has 0 atom stereocenters. The lowest BCUT2D eigenvalue weighted by atomic mass is 10.3. The van der Waals surface area contributed by atoms with Crippen molar-refractivity contribution in [2.24, 2.45) is 0 Å². The average molecular weight is 284 g/mol. The molecule has 0 saturated carbocycles. The molecule has 1 heterocycles. The molecule has 1 aromatic carbocycles. The summed E-state index contributed by atoms with van der Waals surface area (Å²) in [4.78, 5) is 11.9. The van der Waals surface area contributed by atoms with E-state index in [1.807, 2.05) is 0 Å². The van der Waals surface area contributed by atoms with Gasteiger partial charge in [-0.05, 0) is 12.1 Å². The van der Waals surface area contributed by atoms with Gasteiger partial charge in [-0.2, -0.15) is 15.0 Å². The molecule has 0 aliphatic carbocycles. The number of benzene rings is 1. The van der Waals surface area contributed by atoms with E-state index >= 15 is 0 Å². The molecule has 0 radical (unpaired) electrons. The minimum absolute atomic E-state index is 0.0967. The molecule has 0 bridgehead atoms. The molecule has 0 unspecified atom stereocenters. The summed E-state index contributed by atoms with van der Waals surface area (Å²) in [6.45, 7) is 0. The van der Waals surface area contributed by atoms with Crippen molar-refractivity contribution in [1.29, 1.82) is 0 Å². The van der Waals surface area contributed by atoms with E-state index in [0.29, 0.717) is 5.95 Å². The van der Waals surface area contributed by atoms with Gasteiger partial charge in [0.1, 0.15) is 5.82 Å². The molecule has 2 aromatic rings. The van der Waals surface area contributed by atoms with E-state index in [9.17, 15) is 4.39 Å². The predicted octanol–water partition coefficient (Wildman–Crippen LogP) is 2.46. The molecule has 19 heavy (non-hydrogen) atoms. The van der Waals surface area contributed by atoms with Crippen LogP contribution in [0.1, 0.15) is 0 Å². The number of hydrogen-bond donors (Lipinski definition) is 2. The number of ether oxygens (including phenoxy) is 1. The van der Waals surface area contributed by atoms with Crippen molar-refractivity contribution in [2.45, 2.75) is 0 Å². The normalized spacial score (nSPS) is 10.1. The molecule has 2 N–H and O–H groups in total. The average Bonchev–Trinajstić information content (AvgIpc) is 2.42. The first-order chi connectivity index (χ1) is 9.13. The fourth-order valence-corrected chi connectivity index (χ4v) is 1.55. The van der Waals surface area contributed by atoms with Crippen LogP contribution in [0.2, 0.25) is 5.02 Å². The maximum Gasteiger partial charge on any atom is 0.322 e. The van der Waals surface area contributed by atoms with Crippen LogP contribution in [0, 0.1) is 5.82 Å². The van der Waals surface area contributed by atoms with Gasteiger partial charge in [0, 0.05) is 7.05 Å². The molecule has 0 aliphatic rings. The Kier molecular flexibility index (Phi) is 3.96. The SMILES string of the molecule is CNc1nc(Nc2c(F)cccc2Cl)nc(OC)n1. The summed E-state index contributed by atoms with van der Waals surface area (Å²) in [5.41, 5.74) is 0.0967. The summed E-state index contributed by atoms with van der Waals surface area (Å²) in [7, 11) is 3.07. The lowest BCUT2D eigenvalue weighted by molar-refractivity contribution is 0.379. The second kappa shape index (κ2) is 5.66. The van der Waals surface area contributed by atoms with Gasteiger partial charge in [0.15, 0.2) is 0 Å². The molecule has 100 valence electrons. The second-order valence-electron chi connectivity index (χ2n) is 3.44. The smallest absolute Gasteiger partial charge is 0.322 e. The fourth-order valence-electron chi connectivity index (χ4n) is 1.34. The van der Waals surface area contributed by atoms with Crippen molar-refractivity contribution < 1.29 is 9.13 Å². The number of nitrogens with one attached hydrogen (secondary N) is 2. The van der Waals surface area contributed by atoms with Crippen LogP contribution < -0.4 is 15.4 Å². The summed E-state index contributed by atoms with van der Waals surface area (Å²) in [5.74, 6) is -0.0806. The van der Waals surface area contributed by atoms with Crippen molar-refractivity contribution in [2.75, 3.05) is 24.8 Å². The summed E-state index contributed by atoms with van der Waals surface area (Å²) < 4.78 is 18.6. The van der Waals surface area contributed by atoms with E-state index in [0.717, 1.165) is 0 Å². The van der Waals surface area contributed by atoms with Crippen LogP contribution in [-0.2, 0) is 0 Å². The minimum Gasteiger partial charge on any atom is -0.467 e. The number of halogens is 2. The highest BCUT2D eigenvalue weighted by atomic mass is 35.5. The summed E-state index contributed by atoms with van der Waals surface area (Å²) in [5, 5.41) is 5.68. The quantitative estimate of drug-likeness (QED) is 0.898. The first-order valence-electron chi connectivity index (χ1n) is 5.33. The van der Waals surface area contributed by atoms with Crippen LogP contribution in [-0.4, -0.2) is 29.1 Å². The number of anilines is 3. The standard InChI is InChI=1S/C11H11ClFN5O/c1-14-9-16-10(18-11(17-9)19-2)15-8-6(12)4-3-5-7(8)13/h3-5H,1-2H3,(H2,14,15,16,17,18). The molecular weight excluding hydrogens is 273 g/mol. The van der Waals surface area contributed by atoms with Crippen LogP contribution in [0.25, 0.3) is 0 Å². The number of rotatable bonds is 4. The van der Waals surface area contributed by atoms with E-state index in [2.05, 4.69) is 25.6 Å². The Morgan fingerprint density at radius 3 is 2.58 bits per heavy atom. The lowest BCUT2D eigenvalue weighted by Crippen LogP contribution is -2.06. The Hall–Kier alpha value is -2.15. The molecule has 0 amide bonds. The Labute approximate surface area is 114 Å². The molecule has 0 saturated heterocycles. The van der Waals surface area contributed by atoms with Gasteiger partial charge in [0.25, 0.3) is 0 Å². The molecule has 2 rings (SSSR count). The number of hydrogen-bond acceptors (Lipinski definition) is 6. The van der Waals surface area contributed by atoms with Crippen LogP contribution >= 0.6 is 11.6 Å². The molecule has 0 spiro atoms. The molecule has 8 heteroatoms. The van der Waals surface area contributed by atoms with Gasteiger partial charge < -0.3 is 15.4 Å². The molecular formula is C11H11ClFN5O. The zero-order valence-electron chi connectivity index (χ0n) is 10.2. The highest BCUT2D eigenvalue weighted by Crippen LogP contribution is 2.27. The van der Waals surface area contributed by atoms with Gasteiger partial charge in [0.2, 0.25) is 11.9 Å². The molecule has 0 aliphatic heterocycles. The van der Waals surface area contributed by atoms with Gasteiger partial charge in [-0.25, -0.2) is 4.39 Å². The van der Waals surface area contributed by atoms with Crippen molar-refractivity contribution >= 4 is 29.2 Å². The Morgan fingerprint density at radius 2 is 1.95 bits per heavy atom. The first kappa shape index (κ1) is 13.3. The van der Waals surface area contributed by atoms with Crippen molar-refractivity contribution in [3.05, 3.63) is 29.0 Å². The first-order valence-corrected chi connectivity index (χ1v) is 5.70. The van der Waals surface area contributed by atoms with Crippen LogP contribution in [0.15, 0.2) is 18.2 Å². The van der Waals surface area contributed by atoms with E-state index < -0.39 is 5.82 Å². The van der Waals surface area contributed by atoms with Crippen LogP contribution in [0.5, 0.6) is 6.01 Å². The van der Waals surface area contributed by atoms with Crippen molar-refractivity contribution in [3.8, 4) is 6.01 Å². The third-order valence-electron chi connectivity index (χ3n) is 2.22. The van der Waals surface area contributed by atoms with Crippen molar-refractivity contribution in [1.82, 2.24) is 15.0 Å². The summed E-state index contributed by atoms with van der Waals surface area (Å²) >= 11 is 5.91. The van der Waals surface area contributed by atoms with Gasteiger partial charge in [-0.15, -0.1) is 0 Å². The van der Waals surface area contributed by atoms with Crippen LogP contribution in [0.3, 0.4) is 0 Å². The monoisotopic (exact) mass is 283 g/mol. The molecule has 1 aromatic heterocycles. The number of para-hydroxylation sites is 1. The van der Waals surface area contributed by atoms with E-state index in [1.54, 1.807) is 13.1 Å². The second-order valence-corrected chi connectivity index (χ2v) is 3.85. The summed E-state index contributed by atoms with van der Waals surface area (Å²) in [6.07, 6.45) is 0. The summed E-state index contributed by atoms with van der Waals surface area (Å²) in [6, 6.07) is 4.46. The van der Waals surface area contributed by atoms with Crippen LogP contribution in [0.4, 0.5) is 22.0 Å². The van der Waals surface area contributed by atoms with E-state index in [4.69, 9.17) is 16.3 Å². The highest BCUT2D eigenvalue weighted by Gasteiger charge is 2.11. The fraction of sp³-hybridized carbons (Fsp3) is 0.182. The van der Waals surface area contributed by atoms with Gasteiger partial charge >= 0.3 is 6.01 Å². The molecule has 0 fully saturated rings. The van der Waals surface area contributed by atoms with Gasteiger partial charge in [-0.1, -0.05) is 17.7 Å². The Bertz CT molecular complexity index is 553. The Balaban J connectivity index is 2.37. The van der Waals surface area contributed by atoms with E-state index in [-0.39, 0.29) is 22.7 Å². The third kappa shape index (κ3) is 3.00. The predicted molar refractivity (Wildman–Crippen MR) is 70.6 cm³/mol. The largest absolute Gasteiger partial charge is 0.467 e. The zero-order valence-corrected chi connectivity index (χ0v) is 11.0. The third-order valence-corrected chi connectivity index (χ3v) is 2.54. The number of nitrogens with zero attached hydrogens (tertiary/aromatic N) is 3.